The predicted octanol–water partition coefficient (Wildman–Crippen LogP) is 3.57. The van der Waals surface area contributed by atoms with Gasteiger partial charge in [-0.05, 0) is 30.3 Å². The number of nitrogens with one attached hydrogen (secondary N) is 1. The van der Waals surface area contributed by atoms with E-state index in [0.29, 0.717) is 36.2 Å². The Morgan fingerprint density at radius 3 is 2.70 bits per heavy atom. The molecule has 27 heavy (non-hydrogen) atoms. The fraction of sp³-hybridized carbons (Fsp3) is 0.158. The Kier molecular flexibility index (Phi) is 4.45. The molecule has 0 unspecified atom stereocenters. The molecule has 6 nitrogen and oxygen atoms in total. The Hall–Kier alpha value is -3.42. The SMILES string of the molecule is O=C(Cc1cc(-c2ccc3c(c2)OCCO3)on1)Nc1cc(F)ccc1F. The van der Waals surface area contributed by atoms with Crippen molar-refractivity contribution in [2.75, 3.05) is 18.5 Å². The van der Waals surface area contributed by atoms with Crippen LogP contribution in [-0.2, 0) is 11.2 Å². The third-order valence-corrected chi connectivity index (χ3v) is 3.93. The highest BCUT2D eigenvalue weighted by Gasteiger charge is 2.16. The van der Waals surface area contributed by atoms with Crippen LogP contribution in [0.1, 0.15) is 5.69 Å². The third kappa shape index (κ3) is 3.74. The van der Waals surface area contributed by atoms with Gasteiger partial charge in [0.15, 0.2) is 17.3 Å². The monoisotopic (exact) mass is 372 g/mol. The van der Waals surface area contributed by atoms with Gasteiger partial charge in [-0.25, -0.2) is 8.78 Å². The topological polar surface area (TPSA) is 73.6 Å². The molecule has 0 spiro atoms. The minimum Gasteiger partial charge on any atom is -0.486 e. The summed E-state index contributed by atoms with van der Waals surface area (Å²) in [6, 6.07) is 9.76. The average Bonchev–Trinajstić information content (AvgIpc) is 3.12. The summed E-state index contributed by atoms with van der Waals surface area (Å²) in [6.45, 7) is 0.967. The van der Waals surface area contributed by atoms with Gasteiger partial charge in [0.05, 0.1) is 17.8 Å². The zero-order chi connectivity index (χ0) is 18.8. The maximum Gasteiger partial charge on any atom is 0.230 e. The summed E-state index contributed by atoms with van der Waals surface area (Å²) < 4.78 is 43.0. The number of hydrogen-bond acceptors (Lipinski definition) is 5. The second-order valence-electron chi connectivity index (χ2n) is 5.89. The summed E-state index contributed by atoms with van der Waals surface area (Å²) in [7, 11) is 0. The molecule has 4 rings (SSSR count). The lowest BCUT2D eigenvalue weighted by Gasteiger charge is -2.18. The lowest BCUT2D eigenvalue weighted by Crippen LogP contribution is -2.15. The summed E-state index contributed by atoms with van der Waals surface area (Å²) >= 11 is 0. The first kappa shape index (κ1) is 17.0. The van der Waals surface area contributed by atoms with Gasteiger partial charge in [0.2, 0.25) is 5.91 Å². The van der Waals surface area contributed by atoms with E-state index in [-0.39, 0.29) is 12.1 Å². The van der Waals surface area contributed by atoms with Crippen molar-refractivity contribution in [3.63, 3.8) is 0 Å². The molecule has 0 radical (unpaired) electrons. The molecule has 0 atom stereocenters. The summed E-state index contributed by atoms with van der Waals surface area (Å²) in [4.78, 5) is 12.1. The molecule has 1 amide bonds. The molecule has 0 aliphatic carbocycles. The van der Waals surface area contributed by atoms with E-state index in [4.69, 9.17) is 14.0 Å². The summed E-state index contributed by atoms with van der Waals surface area (Å²) in [5, 5.41) is 6.17. The second kappa shape index (κ2) is 7.06. The average molecular weight is 372 g/mol. The van der Waals surface area contributed by atoms with E-state index in [2.05, 4.69) is 10.5 Å². The highest BCUT2D eigenvalue weighted by molar-refractivity contribution is 5.92. The predicted molar refractivity (Wildman–Crippen MR) is 91.6 cm³/mol. The van der Waals surface area contributed by atoms with Crippen LogP contribution in [0.15, 0.2) is 47.0 Å². The number of anilines is 1. The van der Waals surface area contributed by atoms with Gasteiger partial charge in [0, 0.05) is 17.7 Å². The van der Waals surface area contributed by atoms with Crippen molar-refractivity contribution in [2.45, 2.75) is 6.42 Å². The van der Waals surface area contributed by atoms with Crippen LogP contribution in [0.5, 0.6) is 11.5 Å². The molecule has 1 aliphatic heterocycles. The number of hydrogen-bond donors (Lipinski definition) is 1. The maximum absolute atomic E-state index is 13.6. The molecule has 1 aliphatic rings. The number of rotatable bonds is 4. The third-order valence-electron chi connectivity index (χ3n) is 3.93. The maximum atomic E-state index is 13.6. The Labute approximate surface area is 152 Å². The minimum absolute atomic E-state index is 0.149. The van der Waals surface area contributed by atoms with Crippen molar-refractivity contribution in [2.24, 2.45) is 0 Å². The van der Waals surface area contributed by atoms with Gasteiger partial charge in [-0.2, -0.15) is 0 Å². The van der Waals surface area contributed by atoms with Crippen LogP contribution in [-0.4, -0.2) is 24.3 Å². The van der Waals surface area contributed by atoms with E-state index in [1.807, 2.05) is 0 Å². The molecule has 0 fully saturated rings. The van der Waals surface area contributed by atoms with Crippen molar-refractivity contribution in [3.05, 3.63) is 59.8 Å². The molecule has 0 saturated heterocycles. The van der Waals surface area contributed by atoms with Crippen molar-refractivity contribution >= 4 is 11.6 Å². The van der Waals surface area contributed by atoms with Crippen LogP contribution in [0.2, 0.25) is 0 Å². The zero-order valence-corrected chi connectivity index (χ0v) is 14.0. The number of aromatic nitrogens is 1. The number of carbonyl (C=O) groups excluding carboxylic acids is 1. The molecule has 8 heteroatoms. The van der Waals surface area contributed by atoms with E-state index in [9.17, 15) is 13.6 Å². The summed E-state index contributed by atoms with van der Waals surface area (Å²) in [5.74, 6) is -0.193. The highest BCUT2D eigenvalue weighted by Crippen LogP contribution is 2.34. The molecule has 1 N–H and O–H groups in total. The largest absolute Gasteiger partial charge is 0.486 e. The van der Waals surface area contributed by atoms with Gasteiger partial charge < -0.3 is 19.3 Å². The lowest BCUT2D eigenvalue weighted by molar-refractivity contribution is -0.115. The number of nitrogens with zero attached hydrogens (tertiary/aromatic N) is 1. The summed E-state index contributed by atoms with van der Waals surface area (Å²) in [5.41, 5.74) is 0.847. The molecule has 2 heterocycles. The van der Waals surface area contributed by atoms with E-state index in [1.54, 1.807) is 24.3 Å². The van der Waals surface area contributed by atoms with E-state index in [0.717, 1.165) is 23.8 Å². The van der Waals surface area contributed by atoms with Crippen molar-refractivity contribution in [3.8, 4) is 22.8 Å². The number of ether oxygens (including phenoxy) is 2. The molecule has 2 aromatic carbocycles. The van der Waals surface area contributed by atoms with E-state index >= 15 is 0 Å². The Bertz CT molecular complexity index is 1000. The van der Waals surface area contributed by atoms with Crippen molar-refractivity contribution < 1.29 is 27.6 Å². The number of fused-ring (bicyclic) bond motifs is 1. The van der Waals surface area contributed by atoms with Gasteiger partial charge in [-0.15, -0.1) is 0 Å². The van der Waals surface area contributed by atoms with Crippen LogP contribution in [0, 0.1) is 11.6 Å². The lowest BCUT2D eigenvalue weighted by atomic mass is 10.1. The number of carbonyl (C=O) groups is 1. The van der Waals surface area contributed by atoms with E-state index in [1.165, 1.54) is 0 Å². The molecular weight excluding hydrogens is 358 g/mol. The van der Waals surface area contributed by atoms with Crippen LogP contribution in [0.4, 0.5) is 14.5 Å². The highest BCUT2D eigenvalue weighted by atomic mass is 19.1. The van der Waals surface area contributed by atoms with Gasteiger partial charge in [-0.1, -0.05) is 5.16 Å². The first-order chi connectivity index (χ1) is 13.1. The minimum atomic E-state index is -0.720. The number of halogens is 2. The molecule has 1 aromatic heterocycles. The molecule has 0 bridgehead atoms. The first-order valence-corrected chi connectivity index (χ1v) is 8.19. The fourth-order valence-corrected chi connectivity index (χ4v) is 2.68. The molecule has 138 valence electrons. The summed E-state index contributed by atoms with van der Waals surface area (Å²) in [6.07, 6.45) is -0.149. The van der Waals surface area contributed by atoms with Gasteiger partial charge in [-0.3, -0.25) is 4.79 Å². The van der Waals surface area contributed by atoms with Crippen molar-refractivity contribution in [1.82, 2.24) is 5.16 Å². The van der Waals surface area contributed by atoms with Gasteiger partial charge >= 0.3 is 0 Å². The van der Waals surface area contributed by atoms with Gasteiger partial charge in [0.25, 0.3) is 0 Å². The molecule has 0 saturated carbocycles. The normalized spacial score (nSPS) is 12.7. The molecule has 3 aromatic rings. The smallest absolute Gasteiger partial charge is 0.230 e. The second-order valence-corrected chi connectivity index (χ2v) is 5.89. The first-order valence-electron chi connectivity index (χ1n) is 8.19. The van der Waals surface area contributed by atoms with Crippen molar-refractivity contribution in [1.29, 1.82) is 0 Å². The van der Waals surface area contributed by atoms with Gasteiger partial charge in [0.1, 0.15) is 24.8 Å². The van der Waals surface area contributed by atoms with Crippen LogP contribution >= 0.6 is 0 Å². The Balaban J connectivity index is 1.46. The Morgan fingerprint density at radius 1 is 1.04 bits per heavy atom. The molecular formula is C19H14F2N2O4. The standard InChI is InChI=1S/C19H14F2N2O4/c20-12-2-3-14(21)15(8-12)22-19(24)10-13-9-17(27-23-13)11-1-4-16-18(7-11)26-6-5-25-16/h1-4,7-9H,5-6,10H2,(H,22,24). The number of amides is 1. The Morgan fingerprint density at radius 2 is 1.85 bits per heavy atom. The van der Waals surface area contributed by atoms with Crippen LogP contribution in [0.25, 0.3) is 11.3 Å². The van der Waals surface area contributed by atoms with Crippen LogP contribution in [0.3, 0.4) is 0 Å². The van der Waals surface area contributed by atoms with Crippen LogP contribution < -0.4 is 14.8 Å². The number of benzene rings is 2. The zero-order valence-electron chi connectivity index (χ0n) is 14.0. The van der Waals surface area contributed by atoms with E-state index < -0.39 is 17.5 Å². The quantitative estimate of drug-likeness (QED) is 0.758. The fourth-order valence-electron chi connectivity index (χ4n) is 2.68.